The Morgan fingerprint density at radius 3 is 2.58 bits per heavy atom. The van der Waals surface area contributed by atoms with Gasteiger partial charge in [0, 0.05) is 30.1 Å². The van der Waals surface area contributed by atoms with E-state index in [4.69, 9.17) is 9.84 Å². The van der Waals surface area contributed by atoms with Gasteiger partial charge < -0.3 is 19.6 Å². The number of benzene rings is 2. The minimum atomic E-state index is -0.923. The van der Waals surface area contributed by atoms with Gasteiger partial charge in [-0.3, -0.25) is 4.79 Å². The topological polar surface area (TPSA) is 112 Å². The van der Waals surface area contributed by atoms with Gasteiger partial charge in [0.05, 0.1) is 24.5 Å². The molecule has 2 aromatic rings. The van der Waals surface area contributed by atoms with Gasteiger partial charge in [-0.15, -0.1) is 11.8 Å². The van der Waals surface area contributed by atoms with Crippen LogP contribution < -0.4 is 10.3 Å². The monoisotopic (exact) mass is 510 g/mol. The number of carbonyl (C=O) groups excluding carboxylic acids is 2. The van der Waals surface area contributed by atoms with Crippen LogP contribution in [0.1, 0.15) is 41.3 Å². The van der Waals surface area contributed by atoms with Crippen LogP contribution >= 0.6 is 11.8 Å². The summed E-state index contributed by atoms with van der Waals surface area (Å²) in [5, 5.41) is 13.3. The van der Waals surface area contributed by atoms with Crippen LogP contribution in [0.25, 0.3) is 0 Å². The van der Waals surface area contributed by atoms with E-state index in [-0.39, 0.29) is 23.2 Å². The molecule has 0 aromatic heterocycles. The van der Waals surface area contributed by atoms with Crippen LogP contribution in [0.5, 0.6) is 0 Å². The third kappa shape index (κ3) is 6.06. The second-order valence-electron chi connectivity index (χ2n) is 8.57. The number of hydrazone groups is 1. The molecule has 0 spiro atoms. The van der Waals surface area contributed by atoms with Crippen molar-refractivity contribution >= 4 is 41.1 Å². The molecule has 3 amide bonds. The molecule has 190 valence electrons. The zero-order valence-corrected chi connectivity index (χ0v) is 21.1. The van der Waals surface area contributed by atoms with E-state index in [1.54, 1.807) is 33.7 Å². The summed E-state index contributed by atoms with van der Waals surface area (Å²) < 4.78 is 5.28. The Morgan fingerprint density at radius 1 is 1.14 bits per heavy atom. The number of carboxylic acid groups (broad SMARTS) is 1. The molecule has 0 bridgehead atoms. The molecule has 1 saturated heterocycles. The van der Waals surface area contributed by atoms with Gasteiger partial charge in [-0.1, -0.05) is 19.1 Å². The number of thioether (sulfide) groups is 1. The lowest BCUT2D eigenvalue weighted by Crippen LogP contribution is -2.45. The number of urea groups is 1. The fourth-order valence-electron chi connectivity index (χ4n) is 4.16. The maximum absolute atomic E-state index is 13.1. The quantitative estimate of drug-likeness (QED) is 0.303. The Bertz CT molecular complexity index is 1150. The van der Waals surface area contributed by atoms with Crippen molar-refractivity contribution in [1.29, 1.82) is 0 Å². The average molecular weight is 511 g/mol. The molecule has 10 heteroatoms. The number of ether oxygens (including phenoxy) is 1. The van der Waals surface area contributed by atoms with Crippen molar-refractivity contribution < 1.29 is 24.2 Å². The number of amides is 3. The number of anilines is 1. The Labute approximate surface area is 214 Å². The molecular formula is C26H30N4O5S. The Balaban J connectivity index is 1.41. The second-order valence-corrected chi connectivity index (χ2v) is 9.73. The third-order valence-corrected chi connectivity index (χ3v) is 7.13. The maximum Gasteiger partial charge on any atom is 0.337 e. The predicted molar refractivity (Wildman–Crippen MR) is 139 cm³/mol. The number of hydrogen-bond donors (Lipinski definition) is 2. The van der Waals surface area contributed by atoms with Gasteiger partial charge in [-0.25, -0.2) is 15.0 Å². The van der Waals surface area contributed by atoms with E-state index in [0.29, 0.717) is 32.8 Å². The number of nitrogens with one attached hydrogen (secondary N) is 1. The van der Waals surface area contributed by atoms with Crippen LogP contribution in [0, 0.1) is 0 Å². The van der Waals surface area contributed by atoms with Crippen molar-refractivity contribution in [2.24, 2.45) is 5.10 Å². The molecule has 2 aliphatic heterocycles. The Kier molecular flexibility index (Phi) is 8.61. The van der Waals surface area contributed by atoms with Crippen LogP contribution in [0.2, 0.25) is 0 Å². The molecule has 2 aliphatic rings. The lowest BCUT2D eigenvalue weighted by molar-refractivity contribution is -0.112. The first kappa shape index (κ1) is 25.7. The van der Waals surface area contributed by atoms with Crippen LogP contribution in [-0.4, -0.2) is 72.2 Å². The molecule has 0 unspecified atom stereocenters. The Morgan fingerprint density at radius 2 is 1.89 bits per heavy atom. The molecular weight excluding hydrogens is 480 g/mol. The van der Waals surface area contributed by atoms with E-state index in [1.165, 1.54) is 0 Å². The zero-order valence-electron chi connectivity index (χ0n) is 20.2. The lowest BCUT2D eigenvalue weighted by Gasteiger charge is -2.25. The molecule has 4 rings (SSSR count). The molecule has 0 saturated carbocycles. The number of aromatic carboxylic acids is 1. The molecule has 36 heavy (non-hydrogen) atoms. The maximum atomic E-state index is 13.1. The molecule has 9 nitrogen and oxygen atoms in total. The van der Waals surface area contributed by atoms with Crippen LogP contribution in [0.4, 0.5) is 10.5 Å². The summed E-state index contributed by atoms with van der Waals surface area (Å²) in [6.45, 7) is 4.56. The van der Waals surface area contributed by atoms with E-state index in [9.17, 15) is 14.4 Å². The standard InChI is InChI=1S/C26H30N4O5S/c1-2-11-30-22-10-9-20(36-16-3-4-18-5-7-19(8-6-18)25(32)33)17-21(22)23(24(30)31)27-28-26(34)29-12-14-35-15-13-29/h5-10,17H,2-4,11-16H2,1H3,(H,28,34)(H,32,33). The van der Waals surface area contributed by atoms with Crippen molar-refractivity contribution in [1.82, 2.24) is 10.3 Å². The van der Waals surface area contributed by atoms with Crippen molar-refractivity contribution in [2.45, 2.75) is 31.1 Å². The zero-order chi connectivity index (χ0) is 25.5. The highest BCUT2D eigenvalue weighted by molar-refractivity contribution is 7.99. The lowest BCUT2D eigenvalue weighted by atomic mass is 10.1. The minimum absolute atomic E-state index is 0.207. The largest absolute Gasteiger partial charge is 0.478 e. The summed E-state index contributed by atoms with van der Waals surface area (Å²) in [6.07, 6.45) is 2.58. The summed E-state index contributed by atoms with van der Waals surface area (Å²) in [7, 11) is 0. The summed E-state index contributed by atoms with van der Waals surface area (Å²) >= 11 is 1.69. The van der Waals surface area contributed by atoms with Gasteiger partial charge in [-0.2, -0.15) is 5.10 Å². The highest BCUT2D eigenvalue weighted by Crippen LogP contribution is 2.33. The average Bonchev–Trinajstić information content (AvgIpc) is 3.16. The van der Waals surface area contributed by atoms with Gasteiger partial charge in [0.15, 0.2) is 5.71 Å². The van der Waals surface area contributed by atoms with Crippen molar-refractivity contribution in [3.63, 3.8) is 0 Å². The molecule has 0 aliphatic carbocycles. The van der Waals surface area contributed by atoms with Crippen molar-refractivity contribution in [3.8, 4) is 0 Å². The number of aryl methyl sites for hydroxylation is 1. The van der Waals surface area contributed by atoms with Crippen LogP contribution in [0.15, 0.2) is 52.5 Å². The van der Waals surface area contributed by atoms with Gasteiger partial charge in [0.25, 0.3) is 5.91 Å². The minimum Gasteiger partial charge on any atom is -0.478 e. The second kappa shape index (κ2) is 12.0. The van der Waals surface area contributed by atoms with E-state index >= 15 is 0 Å². The van der Waals surface area contributed by atoms with Gasteiger partial charge in [-0.05, 0) is 60.9 Å². The fourth-order valence-corrected chi connectivity index (χ4v) is 5.05. The van der Waals surface area contributed by atoms with Crippen LogP contribution in [-0.2, 0) is 16.0 Å². The molecule has 2 heterocycles. The van der Waals surface area contributed by atoms with E-state index < -0.39 is 5.97 Å². The highest BCUT2D eigenvalue weighted by atomic mass is 32.2. The first-order chi connectivity index (χ1) is 17.5. The highest BCUT2D eigenvalue weighted by Gasteiger charge is 2.34. The Hall–Kier alpha value is -3.37. The van der Waals surface area contributed by atoms with Crippen LogP contribution in [0.3, 0.4) is 0 Å². The smallest absolute Gasteiger partial charge is 0.337 e. The van der Waals surface area contributed by atoms with E-state index in [2.05, 4.69) is 10.5 Å². The number of nitrogens with zero attached hydrogens (tertiary/aromatic N) is 3. The normalized spacial score (nSPS) is 16.4. The number of fused-ring (bicyclic) bond motifs is 1. The molecule has 0 radical (unpaired) electrons. The molecule has 1 fully saturated rings. The van der Waals surface area contributed by atoms with Crippen molar-refractivity contribution in [2.75, 3.05) is 43.5 Å². The number of hydrogen-bond acceptors (Lipinski definition) is 6. The summed E-state index contributed by atoms with van der Waals surface area (Å²) in [6, 6.07) is 12.5. The SMILES string of the molecule is CCCN1C(=O)C(=NNC(=O)N2CCOCC2)c2cc(SCCCc3ccc(C(=O)O)cc3)ccc21. The number of carbonyl (C=O) groups is 3. The third-order valence-electron chi connectivity index (χ3n) is 6.05. The summed E-state index contributed by atoms with van der Waals surface area (Å²) in [5.41, 5.74) is 5.73. The first-order valence-electron chi connectivity index (χ1n) is 12.1. The predicted octanol–water partition coefficient (Wildman–Crippen LogP) is 3.61. The summed E-state index contributed by atoms with van der Waals surface area (Å²) in [5.74, 6) is -0.263. The van der Waals surface area contributed by atoms with E-state index in [0.717, 1.165) is 46.7 Å². The van der Waals surface area contributed by atoms with Gasteiger partial charge in [0.1, 0.15) is 0 Å². The van der Waals surface area contributed by atoms with Gasteiger partial charge in [0.2, 0.25) is 0 Å². The number of rotatable bonds is 9. The fraction of sp³-hybridized carbons (Fsp3) is 0.385. The number of carboxylic acids is 1. The van der Waals surface area contributed by atoms with Gasteiger partial charge >= 0.3 is 12.0 Å². The molecule has 2 N–H and O–H groups in total. The first-order valence-corrected chi connectivity index (χ1v) is 13.1. The van der Waals surface area contributed by atoms with Crippen molar-refractivity contribution in [3.05, 3.63) is 59.2 Å². The van der Waals surface area contributed by atoms with E-state index in [1.807, 2.05) is 37.3 Å². The molecule has 0 atom stereocenters. The number of morpholine rings is 1. The summed E-state index contributed by atoms with van der Waals surface area (Å²) in [4.78, 5) is 40.9. The molecule has 2 aromatic carbocycles.